The molecule has 2 aromatic rings. The molecule has 1 aromatic carbocycles. The molecule has 6 heteroatoms. The van der Waals surface area contributed by atoms with Crippen LogP contribution >= 0.6 is 11.3 Å². The van der Waals surface area contributed by atoms with E-state index >= 15 is 0 Å². The molecule has 0 saturated carbocycles. The summed E-state index contributed by atoms with van der Waals surface area (Å²) in [6.45, 7) is 2.18. The number of aryl methyl sites for hydroxylation is 1. The lowest BCUT2D eigenvalue weighted by Gasteiger charge is -2.16. The Kier molecular flexibility index (Phi) is 6.04. The van der Waals surface area contributed by atoms with E-state index in [0.29, 0.717) is 29.3 Å². The molecule has 1 amide bonds. The summed E-state index contributed by atoms with van der Waals surface area (Å²) in [6, 6.07) is 8.35. The van der Waals surface area contributed by atoms with Crippen molar-refractivity contribution >= 4 is 23.2 Å². The summed E-state index contributed by atoms with van der Waals surface area (Å²) in [5.41, 5.74) is 1.78. The second kappa shape index (κ2) is 8.45. The Morgan fingerprint density at radius 1 is 1.35 bits per heavy atom. The molecule has 0 fully saturated rings. The van der Waals surface area contributed by atoms with Crippen molar-refractivity contribution in [2.24, 2.45) is 5.92 Å². The maximum Gasteiger partial charge on any atom is 0.348 e. The molecule has 0 spiro atoms. The van der Waals surface area contributed by atoms with Crippen LogP contribution in [0.2, 0.25) is 0 Å². The van der Waals surface area contributed by atoms with Crippen molar-refractivity contribution in [2.75, 3.05) is 13.2 Å². The topological polar surface area (TPSA) is 55.4 Å². The average Bonchev–Trinajstić information content (AvgIpc) is 3.04. The van der Waals surface area contributed by atoms with Gasteiger partial charge in [0.05, 0.1) is 0 Å². The minimum Gasteiger partial charge on any atom is -0.451 e. The maximum atomic E-state index is 13.5. The number of rotatable bonds is 6. The van der Waals surface area contributed by atoms with Gasteiger partial charge in [-0.3, -0.25) is 4.79 Å². The summed E-state index contributed by atoms with van der Waals surface area (Å²) in [5, 5.41) is 2.64. The van der Waals surface area contributed by atoms with Gasteiger partial charge in [-0.2, -0.15) is 0 Å². The van der Waals surface area contributed by atoms with Crippen LogP contribution in [-0.4, -0.2) is 25.0 Å². The molecule has 0 unspecified atom stereocenters. The van der Waals surface area contributed by atoms with E-state index in [0.717, 1.165) is 19.3 Å². The van der Waals surface area contributed by atoms with Gasteiger partial charge in [0.15, 0.2) is 6.61 Å². The summed E-state index contributed by atoms with van der Waals surface area (Å²) in [4.78, 5) is 25.8. The minimum atomic E-state index is -0.457. The first-order valence-corrected chi connectivity index (χ1v) is 9.63. The average molecular weight is 375 g/mol. The fourth-order valence-corrected chi connectivity index (χ4v) is 4.20. The second-order valence-electron chi connectivity index (χ2n) is 6.67. The third-order valence-corrected chi connectivity index (χ3v) is 5.76. The highest BCUT2D eigenvalue weighted by molar-refractivity contribution is 7.14. The first kappa shape index (κ1) is 18.6. The van der Waals surface area contributed by atoms with Gasteiger partial charge >= 0.3 is 5.97 Å². The first-order chi connectivity index (χ1) is 12.5. The number of carbonyl (C=O) groups is 2. The summed E-state index contributed by atoms with van der Waals surface area (Å²) >= 11 is 1.47. The van der Waals surface area contributed by atoms with E-state index in [2.05, 4.69) is 12.2 Å². The van der Waals surface area contributed by atoms with Crippen LogP contribution in [0.25, 0.3) is 0 Å². The van der Waals surface area contributed by atoms with E-state index in [1.807, 2.05) is 6.07 Å². The van der Waals surface area contributed by atoms with Crippen LogP contribution in [0.5, 0.6) is 0 Å². The molecular weight excluding hydrogens is 353 g/mol. The Bertz CT molecular complexity index is 802. The fraction of sp³-hybridized carbons (Fsp3) is 0.400. The Hall–Kier alpha value is -2.21. The Morgan fingerprint density at radius 3 is 2.96 bits per heavy atom. The summed E-state index contributed by atoms with van der Waals surface area (Å²) < 4.78 is 18.6. The number of fused-ring (bicyclic) bond motifs is 1. The number of esters is 1. The molecule has 1 aromatic heterocycles. The van der Waals surface area contributed by atoms with E-state index in [1.54, 1.807) is 18.2 Å². The highest BCUT2D eigenvalue weighted by atomic mass is 32.1. The van der Waals surface area contributed by atoms with Crippen molar-refractivity contribution in [2.45, 2.75) is 32.6 Å². The number of ether oxygens (including phenoxy) is 1. The predicted molar refractivity (Wildman–Crippen MR) is 98.9 cm³/mol. The van der Waals surface area contributed by atoms with Gasteiger partial charge in [-0.15, -0.1) is 11.3 Å². The van der Waals surface area contributed by atoms with Crippen molar-refractivity contribution in [3.8, 4) is 0 Å². The lowest BCUT2D eigenvalue weighted by Crippen LogP contribution is -2.30. The van der Waals surface area contributed by atoms with Crippen LogP contribution in [0.1, 0.15) is 39.0 Å². The zero-order valence-corrected chi connectivity index (χ0v) is 15.5. The molecule has 0 aliphatic heterocycles. The van der Waals surface area contributed by atoms with E-state index in [4.69, 9.17) is 4.74 Å². The van der Waals surface area contributed by atoms with Gasteiger partial charge < -0.3 is 10.1 Å². The van der Waals surface area contributed by atoms with Crippen LogP contribution in [0, 0.1) is 11.7 Å². The lowest BCUT2D eigenvalue weighted by atomic mass is 9.90. The standard InChI is InChI=1S/C20H22FNO3S/c1-13-6-7-17-15(10-13)11-18(26-17)20(24)25-12-19(23)22-9-8-14-4-2-3-5-16(14)21/h2-5,11,13H,6-10,12H2,1H3,(H,22,23)/t13-/m1/s1. The van der Waals surface area contributed by atoms with Crippen molar-refractivity contribution in [1.82, 2.24) is 5.32 Å². The number of hydrogen-bond acceptors (Lipinski definition) is 4. The predicted octanol–water partition coefficient (Wildman–Crippen LogP) is 3.53. The van der Waals surface area contributed by atoms with Crippen molar-refractivity contribution in [3.63, 3.8) is 0 Å². The van der Waals surface area contributed by atoms with E-state index < -0.39 is 5.97 Å². The van der Waals surface area contributed by atoms with Gasteiger partial charge in [0.2, 0.25) is 0 Å². The third kappa shape index (κ3) is 4.69. The Balaban J connectivity index is 1.43. The lowest BCUT2D eigenvalue weighted by molar-refractivity contribution is -0.124. The molecule has 3 rings (SSSR count). The van der Waals surface area contributed by atoms with Gasteiger partial charge in [-0.05, 0) is 54.9 Å². The molecule has 0 bridgehead atoms. The quantitative estimate of drug-likeness (QED) is 0.786. The summed E-state index contributed by atoms with van der Waals surface area (Å²) in [5.74, 6) is -0.490. The molecule has 1 atom stereocenters. The van der Waals surface area contributed by atoms with Crippen molar-refractivity contribution in [3.05, 3.63) is 57.0 Å². The zero-order valence-electron chi connectivity index (χ0n) is 14.7. The largest absolute Gasteiger partial charge is 0.451 e. The molecule has 26 heavy (non-hydrogen) atoms. The highest BCUT2D eigenvalue weighted by Gasteiger charge is 2.21. The van der Waals surface area contributed by atoms with E-state index in [-0.39, 0.29) is 18.3 Å². The zero-order chi connectivity index (χ0) is 18.5. The number of halogens is 1. The Labute approximate surface area is 156 Å². The van der Waals surface area contributed by atoms with Crippen LogP contribution in [0.4, 0.5) is 4.39 Å². The summed E-state index contributed by atoms with van der Waals surface area (Å²) in [6.07, 6.45) is 3.54. The molecule has 1 aliphatic carbocycles. The summed E-state index contributed by atoms with van der Waals surface area (Å²) in [7, 11) is 0. The van der Waals surface area contributed by atoms with E-state index in [1.165, 1.54) is 27.8 Å². The molecule has 4 nitrogen and oxygen atoms in total. The molecule has 1 heterocycles. The monoisotopic (exact) mass is 375 g/mol. The molecule has 1 aliphatic rings. The molecule has 0 saturated heterocycles. The van der Waals surface area contributed by atoms with Crippen LogP contribution in [0.15, 0.2) is 30.3 Å². The second-order valence-corrected chi connectivity index (χ2v) is 7.81. The minimum absolute atomic E-state index is 0.288. The van der Waals surface area contributed by atoms with Gasteiger partial charge in [0.1, 0.15) is 10.7 Å². The van der Waals surface area contributed by atoms with Gasteiger partial charge in [-0.1, -0.05) is 25.1 Å². The van der Waals surface area contributed by atoms with Crippen LogP contribution < -0.4 is 5.32 Å². The van der Waals surface area contributed by atoms with Gasteiger partial charge in [0.25, 0.3) is 5.91 Å². The molecule has 138 valence electrons. The normalized spacial score (nSPS) is 16.0. The number of nitrogens with one attached hydrogen (secondary N) is 1. The smallest absolute Gasteiger partial charge is 0.348 e. The highest BCUT2D eigenvalue weighted by Crippen LogP contribution is 2.32. The number of hydrogen-bond donors (Lipinski definition) is 1. The maximum absolute atomic E-state index is 13.5. The SMILES string of the molecule is C[C@@H]1CCc2sc(C(=O)OCC(=O)NCCc3ccccc3F)cc2C1. The third-order valence-electron chi connectivity index (χ3n) is 4.54. The number of thiophene rings is 1. The van der Waals surface area contributed by atoms with Gasteiger partial charge in [-0.25, -0.2) is 9.18 Å². The Morgan fingerprint density at radius 2 is 2.15 bits per heavy atom. The van der Waals surface area contributed by atoms with Crippen molar-refractivity contribution < 1.29 is 18.7 Å². The number of amides is 1. The molecule has 1 N–H and O–H groups in total. The van der Waals surface area contributed by atoms with E-state index in [9.17, 15) is 14.0 Å². The van der Waals surface area contributed by atoms with Crippen LogP contribution in [0.3, 0.4) is 0 Å². The van der Waals surface area contributed by atoms with Crippen LogP contribution in [-0.2, 0) is 28.8 Å². The number of benzene rings is 1. The number of carbonyl (C=O) groups excluding carboxylic acids is 2. The van der Waals surface area contributed by atoms with Gasteiger partial charge in [0, 0.05) is 11.4 Å². The first-order valence-electron chi connectivity index (χ1n) is 8.81. The fourth-order valence-electron chi connectivity index (χ4n) is 3.10. The molecule has 0 radical (unpaired) electrons. The van der Waals surface area contributed by atoms with Crippen molar-refractivity contribution in [1.29, 1.82) is 0 Å². The molecular formula is C20H22FNO3S.